The van der Waals surface area contributed by atoms with Crippen LogP contribution < -0.4 is 10.6 Å². The van der Waals surface area contributed by atoms with Crippen molar-refractivity contribution in [2.45, 2.75) is 109 Å². The number of Topliss-reactive ketones (excluding diaryl/α,β-unsaturated/α-hetero) is 1. The fourth-order valence-corrected chi connectivity index (χ4v) is 6.75. The topological polar surface area (TPSA) is 248 Å². The molecule has 1 saturated carbocycles. The average Bonchev–Trinajstić information content (AvgIpc) is 3.75. The maximum Gasteiger partial charge on any atom is 0.326 e. The van der Waals surface area contributed by atoms with E-state index >= 15 is 0 Å². The zero-order valence-corrected chi connectivity index (χ0v) is 27.6. The molecule has 15 heteroatoms. The molecule has 3 rings (SSSR count). The summed E-state index contributed by atoms with van der Waals surface area (Å²) in [6.07, 6.45) is 2.24. The molecule has 4 atom stereocenters. The number of ketones is 1. The Bertz CT molecular complexity index is 1470. The minimum atomic E-state index is -1.50. The molecule has 0 radical (unpaired) electrons. The number of amides is 2. The summed E-state index contributed by atoms with van der Waals surface area (Å²) in [6, 6.07) is -4.04. The van der Waals surface area contributed by atoms with Crippen molar-refractivity contribution in [3.05, 3.63) is 33.9 Å². The molecule has 15 nitrogen and oxygen atoms in total. The van der Waals surface area contributed by atoms with E-state index < -0.39 is 77.7 Å². The summed E-state index contributed by atoms with van der Waals surface area (Å²) in [6.45, 7) is 5.74. The number of carbonyl (C=O) groups is 7. The largest absolute Gasteiger partial charge is 0.481 e. The lowest BCUT2D eigenvalue weighted by molar-refractivity contribution is -0.150. The van der Waals surface area contributed by atoms with Gasteiger partial charge in [-0.05, 0) is 95.1 Å². The van der Waals surface area contributed by atoms with Crippen LogP contribution in [-0.4, -0.2) is 109 Å². The van der Waals surface area contributed by atoms with Crippen molar-refractivity contribution in [1.82, 2.24) is 15.5 Å². The van der Waals surface area contributed by atoms with E-state index in [1.165, 1.54) is 7.05 Å². The van der Waals surface area contributed by atoms with Gasteiger partial charge in [0.05, 0.1) is 0 Å². The summed E-state index contributed by atoms with van der Waals surface area (Å²) in [7, 11) is 1.17. The third kappa shape index (κ3) is 8.19. The van der Waals surface area contributed by atoms with Crippen LogP contribution in [0.25, 0.3) is 0 Å². The number of likely N-dealkylation sites (N-methyl/N-ethyl adjacent to an activating group) is 1. The molecule has 3 unspecified atom stereocenters. The summed E-state index contributed by atoms with van der Waals surface area (Å²) in [5.74, 6) is -7.07. The number of aliphatic hydroxyl groups is 1. The number of aliphatic carboxylic acids is 4. The van der Waals surface area contributed by atoms with Gasteiger partial charge in [-0.3, -0.25) is 24.0 Å². The molecular weight excluding hydrogens is 630 g/mol. The number of fused-ring (bicyclic) bond motifs is 1. The molecule has 0 bridgehead atoms. The lowest BCUT2D eigenvalue weighted by atomic mass is 9.67. The number of carboxylic acid groups (broad SMARTS) is 4. The number of hydrogen-bond donors (Lipinski definition) is 7. The van der Waals surface area contributed by atoms with Gasteiger partial charge in [-0.1, -0.05) is 5.57 Å². The van der Waals surface area contributed by atoms with E-state index in [0.717, 1.165) is 40.0 Å². The lowest BCUT2D eigenvalue weighted by Gasteiger charge is -2.39. The number of nitrogens with zero attached hydrogens (tertiary/aromatic N) is 1. The Morgan fingerprint density at radius 3 is 2.04 bits per heavy atom. The van der Waals surface area contributed by atoms with Crippen molar-refractivity contribution in [3.63, 3.8) is 0 Å². The Labute approximate surface area is 277 Å². The van der Waals surface area contributed by atoms with Crippen LogP contribution in [-0.2, 0) is 33.6 Å². The fraction of sp³-hybridized carbons (Fsp3) is 0.606. The van der Waals surface area contributed by atoms with Crippen molar-refractivity contribution < 1.29 is 59.1 Å². The van der Waals surface area contributed by atoms with Crippen LogP contribution in [0.5, 0.6) is 0 Å². The molecule has 0 aromatic carbocycles. The van der Waals surface area contributed by atoms with E-state index in [0.29, 0.717) is 18.4 Å². The van der Waals surface area contributed by atoms with Gasteiger partial charge in [0.2, 0.25) is 11.8 Å². The van der Waals surface area contributed by atoms with E-state index in [9.17, 15) is 54.0 Å². The summed E-state index contributed by atoms with van der Waals surface area (Å²) >= 11 is 0. The number of nitrogens with one attached hydrogen (secondary N) is 2. The summed E-state index contributed by atoms with van der Waals surface area (Å²) in [5.41, 5.74) is 2.33. The maximum absolute atomic E-state index is 13.2. The molecular formula is C33H45N3O12. The second-order valence-corrected chi connectivity index (χ2v) is 13.0. The van der Waals surface area contributed by atoms with Gasteiger partial charge < -0.3 is 41.1 Å². The minimum absolute atomic E-state index is 0.150. The molecule has 3 aliphatic carbocycles. The Balaban J connectivity index is 1.49. The average molecular weight is 676 g/mol. The zero-order valence-electron chi connectivity index (χ0n) is 27.6. The Morgan fingerprint density at radius 2 is 1.50 bits per heavy atom. The van der Waals surface area contributed by atoms with Crippen LogP contribution in [0, 0.1) is 5.41 Å². The summed E-state index contributed by atoms with van der Waals surface area (Å²) < 4.78 is 0. The highest BCUT2D eigenvalue weighted by Crippen LogP contribution is 2.65. The minimum Gasteiger partial charge on any atom is -0.481 e. The van der Waals surface area contributed by atoms with Crippen molar-refractivity contribution in [3.8, 4) is 0 Å². The molecule has 0 saturated heterocycles. The van der Waals surface area contributed by atoms with E-state index in [4.69, 9.17) is 5.11 Å². The van der Waals surface area contributed by atoms with Crippen molar-refractivity contribution in [1.29, 1.82) is 0 Å². The SMILES string of the molecule is CC1=C(CCCNC(CCC(=O)NC(CCC(=O)N(C)C(CCC(=O)O)C(=O)O)C(=O)O)C(=O)O)C2=C(C)C3(CC3)[C@@](C)(O)C(=O)C2=C1. The third-order valence-corrected chi connectivity index (χ3v) is 9.88. The first-order valence-electron chi connectivity index (χ1n) is 15.9. The molecule has 0 heterocycles. The van der Waals surface area contributed by atoms with Gasteiger partial charge in [0.25, 0.3) is 0 Å². The molecule has 1 fully saturated rings. The van der Waals surface area contributed by atoms with Crippen LogP contribution in [0.4, 0.5) is 0 Å². The van der Waals surface area contributed by atoms with E-state index in [2.05, 4.69) is 10.6 Å². The second kappa shape index (κ2) is 15.2. The predicted octanol–water partition coefficient (Wildman–Crippen LogP) is 1.40. The van der Waals surface area contributed by atoms with Gasteiger partial charge in [-0.25, -0.2) is 9.59 Å². The highest BCUT2D eigenvalue weighted by Gasteiger charge is 2.65. The monoisotopic (exact) mass is 675 g/mol. The molecule has 0 aromatic rings. The third-order valence-electron chi connectivity index (χ3n) is 9.88. The fourth-order valence-electron chi connectivity index (χ4n) is 6.75. The van der Waals surface area contributed by atoms with Gasteiger partial charge in [-0.2, -0.15) is 0 Å². The Morgan fingerprint density at radius 1 is 0.896 bits per heavy atom. The summed E-state index contributed by atoms with van der Waals surface area (Å²) in [5, 5.41) is 53.6. The van der Waals surface area contributed by atoms with Gasteiger partial charge in [0, 0.05) is 37.3 Å². The predicted molar refractivity (Wildman–Crippen MR) is 169 cm³/mol. The number of carbonyl (C=O) groups excluding carboxylic acids is 3. The molecule has 1 spiro atoms. The number of carboxylic acids is 4. The number of allylic oxidation sites excluding steroid dienone is 4. The van der Waals surface area contributed by atoms with Crippen LogP contribution in [0.2, 0.25) is 0 Å². The Hall–Kier alpha value is -4.37. The molecule has 3 aliphatic rings. The molecule has 7 N–H and O–H groups in total. The molecule has 2 amide bonds. The normalized spacial score (nSPS) is 21.3. The van der Waals surface area contributed by atoms with Crippen molar-refractivity contribution in [2.24, 2.45) is 5.41 Å². The van der Waals surface area contributed by atoms with Gasteiger partial charge in [0.15, 0.2) is 5.78 Å². The number of rotatable bonds is 19. The van der Waals surface area contributed by atoms with Gasteiger partial charge >= 0.3 is 23.9 Å². The van der Waals surface area contributed by atoms with Crippen LogP contribution in [0.15, 0.2) is 33.9 Å². The van der Waals surface area contributed by atoms with Crippen molar-refractivity contribution in [2.75, 3.05) is 13.6 Å². The molecule has 264 valence electrons. The molecule has 0 aromatic heterocycles. The smallest absolute Gasteiger partial charge is 0.326 e. The van der Waals surface area contributed by atoms with E-state index in [1.807, 2.05) is 13.8 Å². The zero-order chi connectivity index (χ0) is 36.1. The standard InChI is InChI=1S/C33H45N3O12/c1-17-16-20-27(18(2)33(13-14-33)32(3,48)28(20)41)19(17)6-5-15-34-21(29(42)43)7-10-24(37)35-22(30(44)45)8-11-25(38)36(4)23(31(46)47)9-12-26(39)40/h16,21-23,34,48H,5-15H2,1-4H3,(H,35,37)(H,39,40)(H,42,43)(H,44,45)(H,46,47)/t21?,22?,23?,32-/m0/s1. The van der Waals surface area contributed by atoms with Crippen molar-refractivity contribution >= 4 is 41.5 Å². The highest BCUT2D eigenvalue weighted by molar-refractivity contribution is 6.10. The van der Waals surface area contributed by atoms with Crippen LogP contribution in [0.3, 0.4) is 0 Å². The van der Waals surface area contributed by atoms with Crippen LogP contribution >= 0.6 is 0 Å². The van der Waals surface area contributed by atoms with E-state index in [1.54, 1.807) is 13.0 Å². The summed E-state index contributed by atoms with van der Waals surface area (Å²) in [4.78, 5) is 85.0. The quantitative estimate of drug-likeness (QED) is 0.0958. The maximum atomic E-state index is 13.2. The van der Waals surface area contributed by atoms with Gasteiger partial charge in [0.1, 0.15) is 23.7 Å². The van der Waals surface area contributed by atoms with E-state index in [-0.39, 0.29) is 38.0 Å². The first kappa shape index (κ1) is 38.1. The first-order valence-corrected chi connectivity index (χ1v) is 15.9. The molecule has 0 aliphatic heterocycles. The van der Waals surface area contributed by atoms with Crippen LogP contribution in [0.1, 0.15) is 85.0 Å². The second-order valence-electron chi connectivity index (χ2n) is 13.0. The first-order chi connectivity index (χ1) is 22.3. The van der Waals surface area contributed by atoms with Gasteiger partial charge in [-0.15, -0.1) is 0 Å². The number of hydrogen-bond acceptors (Lipinski definition) is 9. The molecule has 48 heavy (non-hydrogen) atoms. The lowest BCUT2D eigenvalue weighted by Crippen LogP contribution is -2.49. The Kier molecular flexibility index (Phi) is 12.1. The highest BCUT2D eigenvalue weighted by atomic mass is 16.4.